The van der Waals surface area contributed by atoms with Crippen molar-refractivity contribution in [3.63, 3.8) is 0 Å². The molecule has 0 saturated carbocycles. The number of aromatic nitrogens is 5. The van der Waals surface area contributed by atoms with Crippen LogP contribution in [0.4, 0.5) is 0 Å². The van der Waals surface area contributed by atoms with E-state index in [-0.39, 0.29) is 5.91 Å². The monoisotopic (exact) mass is 432 g/mol. The Morgan fingerprint density at radius 1 is 1.12 bits per heavy atom. The van der Waals surface area contributed by atoms with E-state index in [2.05, 4.69) is 39.5 Å². The van der Waals surface area contributed by atoms with Crippen LogP contribution in [0.25, 0.3) is 22.4 Å². The average molecular weight is 432 g/mol. The van der Waals surface area contributed by atoms with E-state index in [4.69, 9.17) is 9.26 Å². The molecule has 0 radical (unpaired) electrons. The highest BCUT2D eigenvalue weighted by Gasteiger charge is 2.18. The van der Waals surface area contributed by atoms with Gasteiger partial charge in [0.05, 0.1) is 31.7 Å². The summed E-state index contributed by atoms with van der Waals surface area (Å²) in [6, 6.07) is 13.9. The Balaban J connectivity index is 1.28. The first kappa shape index (κ1) is 20.3. The van der Waals surface area contributed by atoms with Gasteiger partial charge in [-0.15, -0.1) is 5.10 Å². The highest BCUT2D eigenvalue weighted by atomic mass is 16.5. The van der Waals surface area contributed by atoms with Crippen LogP contribution < -0.4 is 0 Å². The van der Waals surface area contributed by atoms with Crippen LogP contribution in [0.3, 0.4) is 0 Å². The molecule has 0 bridgehead atoms. The van der Waals surface area contributed by atoms with E-state index in [9.17, 15) is 4.79 Å². The lowest BCUT2D eigenvalue weighted by Crippen LogP contribution is -2.41. The third-order valence-corrected chi connectivity index (χ3v) is 5.74. The van der Waals surface area contributed by atoms with Crippen molar-refractivity contribution in [2.45, 2.75) is 26.3 Å². The summed E-state index contributed by atoms with van der Waals surface area (Å²) in [6.07, 6.45) is 0.975. The summed E-state index contributed by atoms with van der Waals surface area (Å²) in [7, 11) is 0. The molecule has 4 aromatic rings. The van der Waals surface area contributed by atoms with E-state index < -0.39 is 0 Å². The minimum absolute atomic E-state index is 0.113. The van der Waals surface area contributed by atoms with Gasteiger partial charge >= 0.3 is 0 Å². The van der Waals surface area contributed by atoms with Gasteiger partial charge in [0.1, 0.15) is 5.52 Å². The fourth-order valence-corrected chi connectivity index (χ4v) is 3.86. The maximum absolute atomic E-state index is 12.4. The molecule has 32 heavy (non-hydrogen) atoms. The number of fused-ring (bicyclic) bond motifs is 1. The zero-order valence-corrected chi connectivity index (χ0v) is 17.9. The quantitative estimate of drug-likeness (QED) is 0.462. The fourth-order valence-electron chi connectivity index (χ4n) is 3.86. The van der Waals surface area contributed by atoms with Gasteiger partial charge in [-0.05, 0) is 36.2 Å². The molecule has 1 fully saturated rings. The molecule has 164 valence electrons. The third kappa shape index (κ3) is 4.24. The first-order chi connectivity index (χ1) is 15.7. The molecule has 0 spiro atoms. The minimum Gasteiger partial charge on any atom is -0.378 e. The number of amides is 1. The molecule has 0 atom stereocenters. The van der Waals surface area contributed by atoms with Crippen molar-refractivity contribution in [3.05, 3.63) is 59.5 Å². The van der Waals surface area contributed by atoms with Crippen molar-refractivity contribution in [3.8, 4) is 11.4 Å². The second kappa shape index (κ2) is 8.88. The first-order valence-electron chi connectivity index (χ1n) is 10.7. The Kier molecular flexibility index (Phi) is 5.64. The lowest BCUT2D eigenvalue weighted by atomic mass is 10.1. The van der Waals surface area contributed by atoms with Gasteiger partial charge in [-0.25, -0.2) is 4.68 Å². The minimum atomic E-state index is 0.113. The van der Waals surface area contributed by atoms with Crippen LogP contribution in [0.2, 0.25) is 0 Å². The normalized spacial score (nSPS) is 14.2. The number of carbonyl (C=O) groups is 1. The van der Waals surface area contributed by atoms with E-state index in [1.807, 2.05) is 35.2 Å². The predicted molar refractivity (Wildman–Crippen MR) is 117 cm³/mol. The van der Waals surface area contributed by atoms with Crippen LogP contribution >= 0.6 is 0 Å². The van der Waals surface area contributed by atoms with Gasteiger partial charge in [-0.1, -0.05) is 34.6 Å². The van der Waals surface area contributed by atoms with Gasteiger partial charge in [0.25, 0.3) is 0 Å². The molecular formula is C23H24N6O3. The number of benzene rings is 2. The topological polar surface area (TPSA) is 99.2 Å². The predicted octanol–water partition coefficient (Wildman–Crippen LogP) is 2.63. The van der Waals surface area contributed by atoms with Crippen LogP contribution in [0.1, 0.15) is 23.4 Å². The van der Waals surface area contributed by atoms with E-state index in [0.717, 1.165) is 22.2 Å². The second-order valence-corrected chi connectivity index (χ2v) is 7.87. The molecule has 9 nitrogen and oxygen atoms in total. The Labute approximate surface area is 185 Å². The highest BCUT2D eigenvalue weighted by Crippen LogP contribution is 2.22. The Hall–Kier alpha value is -3.59. The van der Waals surface area contributed by atoms with Gasteiger partial charge in [0, 0.05) is 25.1 Å². The smallest absolute Gasteiger partial charge is 0.231 e. The van der Waals surface area contributed by atoms with Crippen LogP contribution in [0, 0.1) is 6.92 Å². The maximum atomic E-state index is 12.4. The summed E-state index contributed by atoms with van der Waals surface area (Å²) in [5.41, 5.74) is 4.76. The standard InChI is InChI=1S/C23H24N6O3/c1-16-4-2-3-5-17(16)15-21-24-23(26-32-21)18-6-7-20-19(14-18)25-27-29(20)9-8-22(30)28-10-12-31-13-11-28/h2-7,14H,8-13,15H2,1H3. The number of aryl methyl sites for hydroxylation is 2. The van der Waals surface area contributed by atoms with E-state index >= 15 is 0 Å². The molecule has 1 amide bonds. The number of ether oxygens (including phenoxy) is 1. The molecular weight excluding hydrogens is 408 g/mol. The number of carbonyl (C=O) groups excluding carboxylic acids is 1. The molecule has 0 unspecified atom stereocenters. The Morgan fingerprint density at radius 2 is 1.97 bits per heavy atom. The van der Waals surface area contributed by atoms with Crippen molar-refractivity contribution >= 4 is 16.9 Å². The molecule has 2 aromatic heterocycles. The van der Waals surface area contributed by atoms with Crippen molar-refractivity contribution in [2.24, 2.45) is 0 Å². The highest BCUT2D eigenvalue weighted by molar-refractivity contribution is 5.80. The van der Waals surface area contributed by atoms with Gasteiger partial charge < -0.3 is 14.2 Å². The van der Waals surface area contributed by atoms with Crippen molar-refractivity contribution in [1.82, 2.24) is 30.0 Å². The molecule has 1 aliphatic rings. The second-order valence-electron chi connectivity index (χ2n) is 7.87. The van der Waals surface area contributed by atoms with E-state index in [1.165, 1.54) is 5.56 Å². The fraction of sp³-hybridized carbons (Fsp3) is 0.348. The van der Waals surface area contributed by atoms with Crippen LogP contribution in [-0.4, -0.2) is 62.2 Å². The first-order valence-corrected chi connectivity index (χ1v) is 10.7. The SMILES string of the molecule is Cc1ccccc1Cc1nc(-c2ccc3c(c2)nnn3CCC(=O)N2CCOCC2)no1. The Bertz CT molecular complexity index is 1240. The lowest BCUT2D eigenvalue weighted by molar-refractivity contribution is -0.135. The third-order valence-electron chi connectivity index (χ3n) is 5.74. The van der Waals surface area contributed by atoms with Crippen LogP contribution in [-0.2, 0) is 22.5 Å². The molecule has 2 aromatic carbocycles. The molecule has 9 heteroatoms. The van der Waals surface area contributed by atoms with Crippen molar-refractivity contribution in [1.29, 1.82) is 0 Å². The summed E-state index contributed by atoms with van der Waals surface area (Å²) < 4.78 is 12.5. The summed E-state index contributed by atoms with van der Waals surface area (Å²) in [5, 5.41) is 12.6. The average Bonchev–Trinajstić information content (AvgIpc) is 3.46. The molecule has 0 N–H and O–H groups in total. The van der Waals surface area contributed by atoms with E-state index in [0.29, 0.717) is 57.4 Å². The van der Waals surface area contributed by atoms with Crippen molar-refractivity contribution in [2.75, 3.05) is 26.3 Å². The van der Waals surface area contributed by atoms with E-state index in [1.54, 1.807) is 4.68 Å². The van der Waals surface area contributed by atoms with Gasteiger partial charge in [-0.3, -0.25) is 4.79 Å². The largest absolute Gasteiger partial charge is 0.378 e. The number of morpholine rings is 1. The number of hydrogen-bond acceptors (Lipinski definition) is 7. The summed E-state index contributed by atoms with van der Waals surface area (Å²) >= 11 is 0. The van der Waals surface area contributed by atoms with Crippen LogP contribution in [0.15, 0.2) is 47.0 Å². The number of nitrogens with zero attached hydrogens (tertiary/aromatic N) is 6. The molecule has 1 aliphatic heterocycles. The molecule has 5 rings (SSSR count). The van der Waals surface area contributed by atoms with Gasteiger partial charge in [0.2, 0.25) is 17.6 Å². The van der Waals surface area contributed by atoms with Crippen LogP contribution in [0.5, 0.6) is 0 Å². The number of hydrogen-bond donors (Lipinski definition) is 0. The molecule has 0 aliphatic carbocycles. The summed E-state index contributed by atoms with van der Waals surface area (Å²) in [5.74, 6) is 1.20. The van der Waals surface area contributed by atoms with Gasteiger partial charge in [0.15, 0.2) is 0 Å². The molecule has 1 saturated heterocycles. The lowest BCUT2D eigenvalue weighted by Gasteiger charge is -2.26. The zero-order chi connectivity index (χ0) is 21.9. The summed E-state index contributed by atoms with van der Waals surface area (Å²) in [4.78, 5) is 18.8. The summed E-state index contributed by atoms with van der Waals surface area (Å²) in [6.45, 7) is 5.05. The zero-order valence-electron chi connectivity index (χ0n) is 17.9. The van der Waals surface area contributed by atoms with Crippen molar-refractivity contribution < 1.29 is 14.1 Å². The molecule has 3 heterocycles. The van der Waals surface area contributed by atoms with Gasteiger partial charge in [-0.2, -0.15) is 4.98 Å². The maximum Gasteiger partial charge on any atom is 0.231 e. The Morgan fingerprint density at radius 3 is 2.81 bits per heavy atom. The number of rotatable bonds is 6.